The van der Waals surface area contributed by atoms with Gasteiger partial charge in [0, 0.05) is 12.3 Å². The maximum absolute atomic E-state index is 12.0. The lowest BCUT2D eigenvalue weighted by molar-refractivity contribution is -0.385. The van der Waals surface area contributed by atoms with E-state index in [9.17, 15) is 23.6 Å². The molecule has 0 fully saturated rings. The van der Waals surface area contributed by atoms with Crippen molar-refractivity contribution in [3.05, 3.63) is 52.1 Å². The highest BCUT2D eigenvalue weighted by Gasteiger charge is 2.11. The van der Waals surface area contributed by atoms with Crippen LogP contribution >= 0.6 is 0 Å². The first-order valence-electron chi connectivity index (χ1n) is 6.42. The molecule has 0 spiro atoms. The third kappa shape index (κ3) is 3.86. The molecular weight excluding hydrogens is 338 g/mol. The molecule has 10 heteroatoms. The predicted molar refractivity (Wildman–Crippen MR) is 84.2 cm³/mol. The molecule has 0 radical (unpaired) electrons. The molecule has 0 aromatic heterocycles. The number of hydrogen-bond donors (Lipinski definition) is 1. The lowest BCUT2D eigenvalue weighted by atomic mass is 10.1. The van der Waals surface area contributed by atoms with Gasteiger partial charge >= 0.3 is 0 Å². The second-order valence-corrected chi connectivity index (χ2v) is 6.18. The van der Waals surface area contributed by atoms with E-state index in [0.29, 0.717) is 5.69 Å². The number of aliphatic imine (C=N–C) groups is 1. The minimum absolute atomic E-state index is 0.0310. The Balaban J connectivity index is 2.38. The van der Waals surface area contributed by atoms with E-state index in [0.717, 1.165) is 18.3 Å². The Morgan fingerprint density at radius 2 is 1.88 bits per heavy atom. The summed E-state index contributed by atoms with van der Waals surface area (Å²) in [6.45, 7) is 0. The number of hydrogen-bond acceptors (Lipinski definition) is 7. The molecule has 0 heterocycles. The Kier molecular flexibility index (Phi) is 4.81. The van der Waals surface area contributed by atoms with Crippen LogP contribution in [0.1, 0.15) is 5.56 Å². The van der Waals surface area contributed by atoms with E-state index in [1.54, 1.807) is 0 Å². The fourth-order valence-corrected chi connectivity index (χ4v) is 2.34. The Morgan fingerprint density at radius 3 is 2.38 bits per heavy atom. The van der Waals surface area contributed by atoms with Crippen LogP contribution in [0.15, 0.2) is 46.3 Å². The molecular formula is C14H12N3O6S-. The molecule has 2 N–H and O–H groups in total. The maximum atomic E-state index is 12.0. The van der Waals surface area contributed by atoms with Crippen LogP contribution in [0.2, 0.25) is 0 Å². The summed E-state index contributed by atoms with van der Waals surface area (Å²) in [4.78, 5) is 14.1. The van der Waals surface area contributed by atoms with Crippen molar-refractivity contribution in [2.24, 2.45) is 10.1 Å². The van der Waals surface area contributed by atoms with Gasteiger partial charge in [0.2, 0.25) is 10.0 Å². The molecule has 0 unspecified atom stereocenters. The third-order valence-corrected chi connectivity index (χ3v) is 3.95. The Bertz CT molecular complexity index is 907. The zero-order valence-corrected chi connectivity index (χ0v) is 13.2. The molecule has 2 rings (SSSR count). The standard InChI is InChI=1S/C14H13N3O6S/c1-23-13-7-11(17(19)20)6-9(14(13)18)8-16-10-2-4-12(5-3-10)24(15,21)22/h2-8,18H,1H3,(H2,15,21,22)/p-1. The molecule has 0 amide bonds. The van der Waals surface area contributed by atoms with Crippen molar-refractivity contribution >= 4 is 27.6 Å². The number of sulfonamides is 1. The van der Waals surface area contributed by atoms with Gasteiger partial charge in [0.25, 0.3) is 5.69 Å². The molecule has 0 bridgehead atoms. The average Bonchev–Trinajstić information content (AvgIpc) is 2.53. The van der Waals surface area contributed by atoms with Gasteiger partial charge in [-0.3, -0.25) is 15.1 Å². The van der Waals surface area contributed by atoms with Gasteiger partial charge in [0.15, 0.2) is 0 Å². The third-order valence-electron chi connectivity index (χ3n) is 3.02. The highest BCUT2D eigenvalue weighted by atomic mass is 32.2. The molecule has 0 saturated carbocycles. The Morgan fingerprint density at radius 1 is 1.25 bits per heavy atom. The fourth-order valence-electron chi connectivity index (χ4n) is 1.83. The van der Waals surface area contributed by atoms with Gasteiger partial charge in [-0.25, -0.2) is 13.6 Å². The number of nitro benzene ring substituents is 1. The van der Waals surface area contributed by atoms with Gasteiger partial charge in [-0.2, -0.15) is 0 Å². The van der Waals surface area contributed by atoms with Crippen LogP contribution in [0.4, 0.5) is 11.4 Å². The SMILES string of the molecule is COc1cc([N+](=O)[O-])cc(C=Nc2ccc(S(N)(=O)=O)cc2)c1[O-]. The largest absolute Gasteiger partial charge is 0.870 e. The van der Waals surface area contributed by atoms with E-state index in [2.05, 4.69) is 4.99 Å². The number of rotatable bonds is 5. The van der Waals surface area contributed by atoms with Crippen molar-refractivity contribution in [1.82, 2.24) is 0 Å². The number of nitro groups is 1. The van der Waals surface area contributed by atoms with Gasteiger partial charge in [-0.1, -0.05) is 5.75 Å². The van der Waals surface area contributed by atoms with E-state index in [1.807, 2.05) is 0 Å². The average molecular weight is 350 g/mol. The fraction of sp³-hybridized carbons (Fsp3) is 0.0714. The normalized spacial score (nSPS) is 11.6. The highest BCUT2D eigenvalue weighted by Crippen LogP contribution is 2.31. The molecule has 0 aliphatic heterocycles. The van der Waals surface area contributed by atoms with Crippen LogP contribution < -0.4 is 15.0 Å². The lowest BCUT2D eigenvalue weighted by Gasteiger charge is -2.14. The molecule has 24 heavy (non-hydrogen) atoms. The van der Waals surface area contributed by atoms with E-state index in [-0.39, 0.29) is 21.9 Å². The summed E-state index contributed by atoms with van der Waals surface area (Å²) >= 11 is 0. The van der Waals surface area contributed by atoms with Gasteiger partial charge in [-0.15, -0.1) is 0 Å². The molecule has 0 aliphatic carbocycles. The summed E-state index contributed by atoms with van der Waals surface area (Å²) in [6.07, 6.45) is 1.14. The summed E-state index contributed by atoms with van der Waals surface area (Å²) in [5.74, 6) is -0.719. The topological polar surface area (TPSA) is 148 Å². The first-order valence-corrected chi connectivity index (χ1v) is 7.97. The van der Waals surface area contributed by atoms with Crippen molar-refractivity contribution in [2.75, 3.05) is 7.11 Å². The monoisotopic (exact) mass is 350 g/mol. The smallest absolute Gasteiger partial charge is 0.273 e. The summed E-state index contributed by atoms with van der Waals surface area (Å²) in [5, 5.41) is 27.9. The Labute approximate surface area is 137 Å². The van der Waals surface area contributed by atoms with Crippen molar-refractivity contribution in [2.45, 2.75) is 4.90 Å². The number of nitrogens with two attached hydrogens (primary N) is 1. The van der Waals surface area contributed by atoms with Gasteiger partial charge < -0.3 is 9.84 Å². The lowest BCUT2D eigenvalue weighted by Crippen LogP contribution is -2.11. The molecule has 0 aliphatic rings. The molecule has 9 nitrogen and oxygen atoms in total. The summed E-state index contributed by atoms with van der Waals surface area (Å²) in [6, 6.07) is 7.39. The minimum Gasteiger partial charge on any atom is -0.870 e. The number of non-ortho nitro benzene ring substituents is 1. The number of benzene rings is 2. The van der Waals surface area contributed by atoms with Gasteiger partial charge in [0.05, 0.1) is 28.7 Å². The first kappa shape index (κ1) is 17.4. The van der Waals surface area contributed by atoms with Crippen molar-refractivity contribution in [3.8, 4) is 11.5 Å². The molecule has 2 aromatic carbocycles. The number of ether oxygens (including phenoxy) is 1. The van der Waals surface area contributed by atoms with E-state index in [4.69, 9.17) is 9.88 Å². The number of primary sulfonamides is 1. The molecule has 0 saturated heterocycles. The van der Waals surface area contributed by atoms with Crippen LogP contribution in [0.5, 0.6) is 11.5 Å². The molecule has 0 atom stereocenters. The van der Waals surface area contributed by atoms with Crippen molar-refractivity contribution in [1.29, 1.82) is 0 Å². The van der Waals surface area contributed by atoms with Gasteiger partial charge in [0.1, 0.15) is 5.75 Å². The number of methoxy groups -OCH3 is 1. The van der Waals surface area contributed by atoms with Crippen LogP contribution in [0, 0.1) is 10.1 Å². The van der Waals surface area contributed by atoms with Crippen LogP contribution in [0.25, 0.3) is 0 Å². The van der Waals surface area contributed by atoms with Crippen LogP contribution in [-0.2, 0) is 10.0 Å². The first-order chi connectivity index (χ1) is 11.2. The van der Waals surface area contributed by atoms with E-state index < -0.39 is 20.7 Å². The quantitative estimate of drug-likeness (QED) is 0.484. The minimum atomic E-state index is -3.81. The summed E-state index contributed by atoms with van der Waals surface area (Å²) in [7, 11) is -2.58. The van der Waals surface area contributed by atoms with Crippen LogP contribution in [0.3, 0.4) is 0 Å². The molecule has 126 valence electrons. The van der Waals surface area contributed by atoms with Crippen molar-refractivity contribution in [3.63, 3.8) is 0 Å². The van der Waals surface area contributed by atoms with Crippen LogP contribution in [-0.4, -0.2) is 26.7 Å². The predicted octanol–water partition coefficient (Wildman–Crippen LogP) is 1.07. The Hall–Kier alpha value is -2.98. The van der Waals surface area contributed by atoms with E-state index in [1.165, 1.54) is 31.4 Å². The van der Waals surface area contributed by atoms with E-state index >= 15 is 0 Å². The summed E-state index contributed by atoms with van der Waals surface area (Å²) in [5.41, 5.74) is 0.00122. The second kappa shape index (κ2) is 6.64. The number of nitrogens with zero attached hydrogens (tertiary/aromatic N) is 2. The van der Waals surface area contributed by atoms with Crippen molar-refractivity contribution < 1.29 is 23.2 Å². The highest BCUT2D eigenvalue weighted by molar-refractivity contribution is 7.89. The zero-order valence-electron chi connectivity index (χ0n) is 12.4. The zero-order chi connectivity index (χ0) is 17.9. The maximum Gasteiger partial charge on any atom is 0.273 e. The second-order valence-electron chi connectivity index (χ2n) is 4.62. The summed E-state index contributed by atoms with van der Waals surface area (Å²) < 4.78 is 27.1. The van der Waals surface area contributed by atoms with Gasteiger partial charge in [-0.05, 0) is 29.8 Å². The molecule has 2 aromatic rings.